The Morgan fingerprint density at radius 3 is 2.37 bits per heavy atom. The highest BCUT2D eigenvalue weighted by Gasteiger charge is 2.28. The van der Waals surface area contributed by atoms with Crippen molar-refractivity contribution < 1.29 is 17.9 Å². The summed E-state index contributed by atoms with van der Waals surface area (Å²) in [6.07, 6.45) is 0.380. The van der Waals surface area contributed by atoms with Crippen LogP contribution in [0.3, 0.4) is 0 Å². The van der Waals surface area contributed by atoms with E-state index in [1.165, 1.54) is 4.31 Å². The van der Waals surface area contributed by atoms with Crippen molar-refractivity contribution in [3.8, 4) is 5.75 Å². The van der Waals surface area contributed by atoms with E-state index in [0.29, 0.717) is 32.6 Å². The summed E-state index contributed by atoms with van der Waals surface area (Å²) in [5.41, 5.74) is 0.865. The van der Waals surface area contributed by atoms with Gasteiger partial charge in [0.2, 0.25) is 15.9 Å². The average molecular weight is 398 g/mol. The van der Waals surface area contributed by atoms with Crippen molar-refractivity contribution in [2.24, 2.45) is 5.41 Å². The number of carbonyl (C=O) groups excluding carboxylic acids is 1. The molecule has 152 valence electrons. The molecule has 1 aliphatic rings. The Balaban J connectivity index is 1.84. The number of hydrogen-bond donors (Lipinski definition) is 1. The van der Waals surface area contributed by atoms with Crippen LogP contribution in [-0.4, -0.2) is 64.2 Å². The number of nitrogens with zero attached hydrogens (tertiary/aromatic N) is 2. The van der Waals surface area contributed by atoms with Gasteiger partial charge in [-0.25, -0.2) is 8.42 Å². The third kappa shape index (κ3) is 6.39. The molecule has 27 heavy (non-hydrogen) atoms. The Bertz CT molecular complexity index is 736. The summed E-state index contributed by atoms with van der Waals surface area (Å²) in [5, 5.41) is 2.71. The standard InChI is InChI=1S/C19H31N3O4S/c1-19(2,3)15-18(23)20-9-14-27(24,25)22-12-10-21(11-13-22)16-7-5-6-8-17(16)26-4/h5-8H,9-15H2,1-4H3,(H,20,23). The molecule has 1 amide bonds. The molecule has 1 aliphatic heterocycles. The second-order valence-electron chi connectivity index (χ2n) is 7.96. The number of rotatable bonds is 7. The molecule has 1 aromatic carbocycles. The number of methoxy groups -OCH3 is 1. The molecule has 1 N–H and O–H groups in total. The predicted octanol–water partition coefficient (Wildman–Crippen LogP) is 1.70. The van der Waals surface area contributed by atoms with E-state index in [2.05, 4.69) is 10.2 Å². The van der Waals surface area contributed by atoms with Gasteiger partial charge in [-0.3, -0.25) is 4.79 Å². The summed E-state index contributed by atoms with van der Waals surface area (Å²) < 4.78 is 32.0. The lowest BCUT2D eigenvalue weighted by molar-refractivity contribution is -0.122. The van der Waals surface area contributed by atoms with Crippen molar-refractivity contribution >= 4 is 21.6 Å². The quantitative estimate of drug-likeness (QED) is 0.758. The van der Waals surface area contributed by atoms with Gasteiger partial charge in [-0.1, -0.05) is 32.9 Å². The zero-order chi connectivity index (χ0) is 20.1. The van der Waals surface area contributed by atoms with E-state index in [4.69, 9.17) is 4.74 Å². The van der Waals surface area contributed by atoms with Gasteiger partial charge in [0.1, 0.15) is 5.75 Å². The van der Waals surface area contributed by atoms with Crippen molar-refractivity contribution in [1.29, 1.82) is 0 Å². The van der Waals surface area contributed by atoms with Gasteiger partial charge >= 0.3 is 0 Å². The largest absolute Gasteiger partial charge is 0.495 e. The molecule has 1 heterocycles. The molecule has 0 unspecified atom stereocenters. The normalized spacial score (nSPS) is 16.2. The van der Waals surface area contributed by atoms with Crippen molar-refractivity contribution in [2.75, 3.05) is 50.5 Å². The number of amides is 1. The van der Waals surface area contributed by atoms with Crippen LogP contribution >= 0.6 is 0 Å². The summed E-state index contributed by atoms with van der Waals surface area (Å²) in [5.74, 6) is 0.603. The smallest absolute Gasteiger partial charge is 0.220 e. The minimum Gasteiger partial charge on any atom is -0.495 e. The van der Waals surface area contributed by atoms with Gasteiger partial charge in [0.05, 0.1) is 18.6 Å². The predicted molar refractivity (Wildman–Crippen MR) is 108 cm³/mol. The average Bonchev–Trinajstić information content (AvgIpc) is 2.60. The minimum atomic E-state index is -3.38. The number of benzene rings is 1. The number of piperazine rings is 1. The Kier molecular flexibility index (Phi) is 7.11. The fourth-order valence-electron chi connectivity index (χ4n) is 3.09. The van der Waals surface area contributed by atoms with Gasteiger partial charge in [-0.05, 0) is 17.5 Å². The number of hydrogen-bond acceptors (Lipinski definition) is 5. The summed E-state index contributed by atoms with van der Waals surface area (Å²) in [7, 11) is -1.75. The van der Waals surface area contributed by atoms with E-state index in [0.717, 1.165) is 11.4 Å². The first-order chi connectivity index (χ1) is 12.6. The fraction of sp³-hybridized carbons (Fsp3) is 0.632. The number of sulfonamides is 1. The molecule has 0 radical (unpaired) electrons. The second-order valence-corrected chi connectivity index (χ2v) is 10.0. The Morgan fingerprint density at radius 2 is 1.78 bits per heavy atom. The first-order valence-electron chi connectivity index (χ1n) is 9.25. The van der Waals surface area contributed by atoms with E-state index >= 15 is 0 Å². The van der Waals surface area contributed by atoms with Crippen LogP contribution in [0.5, 0.6) is 5.75 Å². The number of para-hydroxylation sites is 2. The molecular formula is C19H31N3O4S. The zero-order valence-corrected chi connectivity index (χ0v) is 17.5. The maximum atomic E-state index is 12.6. The molecule has 0 spiro atoms. The Hall–Kier alpha value is -1.80. The molecular weight excluding hydrogens is 366 g/mol. The third-order valence-electron chi connectivity index (χ3n) is 4.43. The molecule has 7 nitrogen and oxygen atoms in total. The Labute approximate surface area is 162 Å². The minimum absolute atomic E-state index is 0.0719. The first-order valence-corrected chi connectivity index (χ1v) is 10.9. The number of carbonyl (C=O) groups is 1. The van der Waals surface area contributed by atoms with Gasteiger partial charge in [0, 0.05) is 39.1 Å². The highest BCUT2D eigenvalue weighted by molar-refractivity contribution is 7.89. The lowest BCUT2D eigenvalue weighted by atomic mass is 9.92. The summed E-state index contributed by atoms with van der Waals surface area (Å²) in [6, 6.07) is 7.74. The van der Waals surface area contributed by atoms with Crippen LogP contribution in [0.2, 0.25) is 0 Å². The maximum Gasteiger partial charge on any atom is 0.220 e. The van der Waals surface area contributed by atoms with Gasteiger partial charge < -0.3 is 15.0 Å². The van der Waals surface area contributed by atoms with E-state index in [1.54, 1.807) is 7.11 Å². The molecule has 0 aromatic heterocycles. The number of ether oxygens (including phenoxy) is 1. The molecule has 0 aliphatic carbocycles. The van der Waals surface area contributed by atoms with Crippen molar-refractivity contribution in [2.45, 2.75) is 27.2 Å². The van der Waals surface area contributed by atoms with Crippen LogP contribution in [0.1, 0.15) is 27.2 Å². The topological polar surface area (TPSA) is 79.0 Å². The zero-order valence-electron chi connectivity index (χ0n) is 16.7. The Morgan fingerprint density at radius 1 is 1.15 bits per heavy atom. The molecule has 1 aromatic rings. The van der Waals surface area contributed by atoms with Crippen molar-refractivity contribution in [3.05, 3.63) is 24.3 Å². The van der Waals surface area contributed by atoms with E-state index in [9.17, 15) is 13.2 Å². The van der Waals surface area contributed by atoms with Crippen LogP contribution in [0.4, 0.5) is 5.69 Å². The molecule has 0 atom stereocenters. The second kappa shape index (κ2) is 8.93. The van der Waals surface area contributed by atoms with Crippen LogP contribution in [0.15, 0.2) is 24.3 Å². The maximum absolute atomic E-state index is 12.6. The van der Waals surface area contributed by atoms with E-state index in [1.807, 2.05) is 45.0 Å². The highest BCUT2D eigenvalue weighted by Crippen LogP contribution is 2.28. The van der Waals surface area contributed by atoms with Gasteiger partial charge in [-0.2, -0.15) is 4.31 Å². The molecule has 0 saturated carbocycles. The highest BCUT2D eigenvalue weighted by atomic mass is 32.2. The van der Waals surface area contributed by atoms with Crippen LogP contribution < -0.4 is 15.0 Å². The van der Waals surface area contributed by atoms with E-state index < -0.39 is 10.0 Å². The molecule has 0 bridgehead atoms. The summed E-state index contributed by atoms with van der Waals surface area (Å²) >= 11 is 0. The first kappa shape index (κ1) is 21.5. The van der Waals surface area contributed by atoms with Crippen molar-refractivity contribution in [3.63, 3.8) is 0 Å². The molecule has 2 rings (SSSR count). The lowest BCUT2D eigenvalue weighted by Crippen LogP contribution is -2.50. The SMILES string of the molecule is COc1ccccc1N1CCN(S(=O)(=O)CCNC(=O)CC(C)(C)C)CC1. The van der Waals surface area contributed by atoms with Crippen LogP contribution in [0.25, 0.3) is 0 Å². The lowest BCUT2D eigenvalue weighted by Gasteiger charge is -2.36. The van der Waals surface area contributed by atoms with Crippen LogP contribution in [0, 0.1) is 5.41 Å². The number of anilines is 1. The van der Waals surface area contributed by atoms with Gasteiger partial charge in [0.15, 0.2) is 0 Å². The molecule has 1 fully saturated rings. The molecule has 1 saturated heterocycles. The van der Waals surface area contributed by atoms with Gasteiger partial charge in [0.25, 0.3) is 0 Å². The van der Waals surface area contributed by atoms with Crippen LogP contribution in [-0.2, 0) is 14.8 Å². The summed E-state index contributed by atoms with van der Waals surface area (Å²) in [6.45, 7) is 8.14. The van der Waals surface area contributed by atoms with Gasteiger partial charge in [-0.15, -0.1) is 0 Å². The fourth-order valence-corrected chi connectivity index (χ4v) is 4.43. The van der Waals surface area contributed by atoms with E-state index in [-0.39, 0.29) is 23.6 Å². The third-order valence-corrected chi connectivity index (χ3v) is 6.30. The molecule has 8 heteroatoms. The van der Waals surface area contributed by atoms with Crippen molar-refractivity contribution in [1.82, 2.24) is 9.62 Å². The monoisotopic (exact) mass is 397 g/mol. The summed E-state index contributed by atoms with van der Waals surface area (Å²) in [4.78, 5) is 14.0. The number of nitrogens with one attached hydrogen (secondary N) is 1.